The van der Waals surface area contributed by atoms with Crippen LogP contribution in [0.4, 0.5) is 0 Å². The van der Waals surface area contributed by atoms with Crippen LogP contribution in [0, 0.1) is 5.41 Å². The standard InChI is InChI=1S/C13H22N2O2/c1-5-6-7-8-15-9-10(16)14-11(12(15)17)13(2,3)4/h5-6,11H,7-9H2,1-4H3,(H,14,16)/b6-5+. The first-order valence-corrected chi connectivity index (χ1v) is 6.05. The number of piperazine rings is 1. The van der Waals surface area contributed by atoms with Crippen LogP contribution in [0.1, 0.15) is 34.1 Å². The number of carbonyl (C=O) groups excluding carboxylic acids is 2. The Morgan fingerprint density at radius 1 is 1.41 bits per heavy atom. The summed E-state index contributed by atoms with van der Waals surface area (Å²) in [6.07, 6.45) is 4.76. The molecule has 96 valence electrons. The van der Waals surface area contributed by atoms with Crippen LogP contribution >= 0.6 is 0 Å². The fourth-order valence-corrected chi connectivity index (χ4v) is 1.88. The lowest BCUT2D eigenvalue weighted by atomic mass is 9.85. The van der Waals surface area contributed by atoms with Crippen LogP contribution < -0.4 is 5.32 Å². The van der Waals surface area contributed by atoms with E-state index in [2.05, 4.69) is 5.32 Å². The highest BCUT2D eigenvalue weighted by molar-refractivity contribution is 5.95. The van der Waals surface area contributed by atoms with Crippen molar-refractivity contribution in [3.8, 4) is 0 Å². The predicted octanol–water partition coefficient (Wildman–Crippen LogP) is 1.33. The summed E-state index contributed by atoms with van der Waals surface area (Å²) in [5, 5.41) is 2.78. The van der Waals surface area contributed by atoms with Crippen molar-refractivity contribution in [3.63, 3.8) is 0 Å². The van der Waals surface area contributed by atoms with Crippen molar-refractivity contribution in [1.29, 1.82) is 0 Å². The molecular formula is C13H22N2O2. The first-order valence-electron chi connectivity index (χ1n) is 6.05. The van der Waals surface area contributed by atoms with Crippen molar-refractivity contribution in [3.05, 3.63) is 12.2 Å². The Hall–Kier alpha value is -1.32. The monoisotopic (exact) mass is 238 g/mol. The third-order valence-electron chi connectivity index (χ3n) is 2.87. The second kappa shape index (κ2) is 5.34. The third-order valence-corrected chi connectivity index (χ3v) is 2.87. The lowest BCUT2D eigenvalue weighted by molar-refractivity contribution is -0.147. The molecule has 4 nitrogen and oxygen atoms in total. The molecule has 0 aliphatic carbocycles. The van der Waals surface area contributed by atoms with Gasteiger partial charge in [0.25, 0.3) is 0 Å². The van der Waals surface area contributed by atoms with Crippen LogP contribution in [-0.2, 0) is 9.59 Å². The fraction of sp³-hybridized carbons (Fsp3) is 0.692. The van der Waals surface area contributed by atoms with Gasteiger partial charge in [-0.1, -0.05) is 32.9 Å². The zero-order valence-electron chi connectivity index (χ0n) is 11.1. The van der Waals surface area contributed by atoms with Gasteiger partial charge in [-0.3, -0.25) is 9.59 Å². The molecule has 0 aromatic heterocycles. The topological polar surface area (TPSA) is 49.4 Å². The SMILES string of the molecule is C/C=C/CCN1CC(=O)NC(C(C)(C)C)C1=O. The molecule has 0 aromatic rings. The van der Waals surface area contributed by atoms with Crippen LogP contribution in [0.3, 0.4) is 0 Å². The van der Waals surface area contributed by atoms with Gasteiger partial charge in [0.2, 0.25) is 11.8 Å². The van der Waals surface area contributed by atoms with Gasteiger partial charge in [0.15, 0.2) is 0 Å². The molecule has 1 fully saturated rings. The summed E-state index contributed by atoms with van der Waals surface area (Å²) in [4.78, 5) is 25.4. The molecule has 0 bridgehead atoms. The lowest BCUT2D eigenvalue weighted by Crippen LogP contribution is -2.62. The number of carbonyl (C=O) groups is 2. The molecule has 1 rings (SSSR count). The highest BCUT2D eigenvalue weighted by Gasteiger charge is 2.39. The van der Waals surface area contributed by atoms with E-state index >= 15 is 0 Å². The molecule has 1 atom stereocenters. The normalized spacial score (nSPS) is 22.1. The molecule has 1 aliphatic rings. The van der Waals surface area contributed by atoms with Crippen LogP contribution in [0.2, 0.25) is 0 Å². The molecule has 0 spiro atoms. The smallest absolute Gasteiger partial charge is 0.246 e. The van der Waals surface area contributed by atoms with Crippen LogP contribution in [-0.4, -0.2) is 35.8 Å². The third kappa shape index (κ3) is 3.58. The first-order chi connectivity index (χ1) is 7.86. The molecule has 0 radical (unpaired) electrons. The van der Waals surface area contributed by atoms with Gasteiger partial charge in [0.05, 0.1) is 6.54 Å². The summed E-state index contributed by atoms with van der Waals surface area (Å²) in [7, 11) is 0. The van der Waals surface area contributed by atoms with Gasteiger partial charge >= 0.3 is 0 Å². The van der Waals surface area contributed by atoms with E-state index in [-0.39, 0.29) is 23.8 Å². The molecule has 1 heterocycles. The molecule has 4 heteroatoms. The van der Waals surface area contributed by atoms with E-state index < -0.39 is 6.04 Å². The van der Waals surface area contributed by atoms with Gasteiger partial charge in [0.1, 0.15) is 6.04 Å². The van der Waals surface area contributed by atoms with E-state index in [0.717, 1.165) is 6.42 Å². The van der Waals surface area contributed by atoms with E-state index in [4.69, 9.17) is 0 Å². The maximum absolute atomic E-state index is 12.2. The largest absolute Gasteiger partial charge is 0.342 e. The van der Waals surface area contributed by atoms with Crippen molar-refractivity contribution in [2.24, 2.45) is 5.41 Å². The van der Waals surface area contributed by atoms with Gasteiger partial charge < -0.3 is 10.2 Å². The van der Waals surface area contributed by atoms with Crippen molar-refractivity contribution < 1.29 is 9.59 Å². The number of hydrogen-bond acceptors (Lipinski definition) is 2. The number of hydrogen-bond donors (Lipinski definition) is 1. The van der Waals surface area contributed by atoms with Crippen LogP contribution in [0.15, 0.2) is 12.2 Å². The second-order valence-corrected chi connectivity index (χ2v) is 5.48. The van der Waals surface area contributed by atoms with Crippen molar-refractivity contribution in [2.45, 2.75) is 40.2 Å². The van der Waals surface area contributed by atoms with Crippen LogP contribution in [0.5, 0.6) is 0 Å². The Labute approximate surface area is 103 Å². The summed E-state index contributed by atoms with van der Waals surface area (Å²) >= 11 is 0. The van der Waals surface area contributed by atoms with E-state index in [0.29, 0.717) is 6.54 Å². The Bertz CT molecular complexity index is 329. The number of nitrogens with zero attached hydrogens (tertiary/aromatic N) is 1. The Balaban J connectivity index is 2.72. The van der Waals surface area contributed by atoms with E-state index in [1.807, 2.05) is 39.8 Å². The van der Waals surface area contributed by atoms with Gasteiger partial charge in [-0.15, -0.1) is 0 Å². The molecule has 1 N–H and O–H groups in total. The molecule has 1 aliphatic heterocycles. The molecule has 1 saturated heterocycles. The molecule has 1 unspecified atom stereocenters. The van der Waals surface area contributed by atoms with Crippen molar-refractivity contribution in [2.75, 3.05) is 13.1 Å². The number of nitrogens with one attached hydrogen (secondary N) is 1. The highest BCUT2D eigenvalue weighted by Crippen LogP contribution is 2.23. The quantitative estimate of drug-likeness (QED) is 0.754. The summed E-state index contributed by atoms with van der Waals surface area (Å²) in [6.45, 7) is 8.64. The molecule has 2 amide bonds. The summed E-state index contributed by atoms with van der Waals surface area (Å²) < 4.78 is 0. The van der Waals surface area contributed by atoms with Gasteiger partial charge in [0, 0.05) is 6.54 Å². The minimum Gasteiger partial charge on any atom is -0.342 e. The number of amides is 2. The van der Waals surface area contributed by atoms with E-state index in [1.165, 1.54) is 0 Å². The maximum Gasteiger partial charge on any atom is 0.246 e. The van der Waals surface area contributed by atoms with Crippen molar-refractivity contribution >= 4 is 11.8 Å². The van der Waals surface area contributed by atoms with E-state index in [1.54, 1.807) is 4.90 Å². The molecule has 17 heavy (non-hydrogen) atoms. The summed E-state index contributed by atoms with van der Waals surface area (Å²) in [6, 6.07) is -0.408. The van der Waals surface area contributed by atoms with Crippen LogP contribution in [0.25, 0.3) is 0 Å². The second-order valence-electron chi connectivity index (χ2n) is 5.48. The summed E-state index contributed by atoms with van der Waals surface area (Å²) in [5.74, 6) is -0.0355. The average Bonchev–Trinajstić information content (AvgIpc) is 2.21. The average molecular weight is 238 g/mol. The van der Waals surface area contributed by atoms with E-state index in [9.17, 15) is 9.59 Å². The summed E-state index contributed by atoms with van der Waals surface area (Å²) in [5.41, 5.74) is -0.244. The molecular weight excluding hydrogens is 216 g/mol. The zero-order chi connectivity index (χ0) is 13.1. The van der Waals surface area contributed by atoms with Gasteiger partial charge in [-0.05, 0) is 18.8 Å². The number of allylic oxidation sites excluding steroid dienone is 1. The van der Waals surface area contributed by atoms with Gasteiger partial charge in [-0.2, -0.15) is 0 Å². The first kappa shape index (κ1) is 13.7. The lowest BCUT2D eigenvalue weighted by Gasteiger charge is -2.38. The predicted molar refractivity (Wildman–Crippen MR) is 67.4 cm³/mol. The minimum absolute atomic E-state index is 0.0293. The highest BCUT2D eigenvalue weighted by atomic mass is 16.2. The Morgan fingerprint density at radius 2 is 2.06 bits per heavy atom. The molecule has 0 aromatic carbocycles. The zero-order valence-corrected chi connectivity index (χ0v) is 11.1. The number of rotatable bonds is 3. The minimum atomic E-state index is -0.408. The van der Waals surface area contributed by atoms with Gasteiger partial charge in [-0.25, -0.2) is 0 Å². The maximum atomic E-state index is 12.2. The fourth-order valence-electron chi connectivity index (χ4n) is 1.88. The Morgan fingerprint density at radius 3 is 2.59 bits per heavy atom. The molecule has 0 saturated carbocycles. The Kier molecular flexibility index (Phi) is 4.32. The van der Waals surface area contributed by atoms with Crippen molar-refractivity contribution in [1.82, 2.24) is 10.2 Å².